The summed E-state index contributed by atoms with van der Waals surface area (Å²) in [7, 11) is 0. The Kier molecular flexibility index (Phi) is 5.88. The Labute approximate surface area is 152 Å². The number of ether oxygens (including phenoxy) is 1. The molecule has 0 unspecified atom stereocenters. The highest BCUT2D eigenvalue weighted by molar-refractivity contribution is 5.72. The molecular weight excluding hydrogens is 334 g/mol. The number of rotatable bonds is 7. The molecule has 0 aromatic heterocycles. The lowest BCUT2D eigenvalue weighted by Gasteiger charge is -2.26. The number of nitrogen functional groups attached to an aromatic ring is 1. The fourth-order valence-electron chi connectivity index (χ4n) is 2.87. The summed E-state index contributed by atoms with van der Waals surface area (Å²) in [4.78, 5) is 13.2. The molecule has 0 spiro atoms. The molecule has 1 aliphatic rings. The molecule has 0 bridgehead atoms. The van der Waals surface area contributed by atoms with Gasteiger partial charge in [0, 0.05) is 49.3 Å². The second kappa shape index (κ2) is 8.50. The Morgan fingerprint density at radius 2 is 1.92 bits per heavy atom. The van der Waals surface area contributed by atoms with Crippen LogP contribution in [0.15, 0.2) is 42.5 Å². The number of nitrogens with zero attached hydrogens (tertiary/aromatic N) is 2. The third kappa shape index (κ3) is 4.84. The first-order chi connectivity index (χ1) is 12.6. The third-order valence-electron chi connectivity index (χ3n) is 4.22. The minimum atomic E-state index is -0.374. The number of nitrogens with one attached hydrogen (secondary N) is 2. The van der Waals surface area contributed by atoms with Crippen molar-refractivity contribution in [3.8, 4) is 0 Å². The zero-order valence-electron chi connectivity index (χ0n) is 14.5. The lowest BCUT2D eigenvalue weighted by atomic mass is 10.2. The van der Waals surface area contributed by atoms with Crippen LogP contribution in [0.4, 0.5) is 28.4 Å². The van der Waals surface area contributed by atoms with Crippen molar-refractivity contribution in [2.45, 2.75) is 0 Å². The predicted octanol–water partition coefficient (Wildman–Crippen LogP) is 2.66. The minimum Gasteiger partial charge on any atom is -0.399 e. The van der Waals surface area contributed by atoms with Crippen molar-refractivity contribution >= 4 is 28.4 Å². The van der Waals surface area contributed by atoms with Gasteiger partial charge in [-0.3, -0.25) is 15.0 Å². The zero-order valence-corrected chi connectivity index (χ0v) is 14.5. The van der Waals surface area contributed by atoms with Crippen LogP contribution in [0.25, 0.3) is 0 Å². The fourth-order valence-corrected chi connectivity index (χ4v) is 2.87. The molecule has 2 aromatic rings. The predicted molar refractivity (Wildman–Crippen MR) is 103 cm³/mol. The Hall–Kier alpha value is -2.84. The van der Waals surface area contributed by atoms with Gasteiger partial charge in [0.05, 0.1) is 18.1 Å². The number of anilines is 4. The van der Waals surface area contributed by atoms with Crippen LogP contribution in [0, 0.1) is 10.1 Å². The molecule has 0 aliphatic carbocycles. The Morgan fingerprint density at radius 1 is 1.15 bits per heavy atom. The molecule has 4 N–H and O–H groups in total. The monoisotopic (exact) mass is 357 g/mol. The molecule has 0 saturated carbocycles. The molecular formula is C18H23N5O3. The van der Waals surface area contributed by atoms with Crippen molar-refractivity contribution in [3.05, 3.63) is 52.6 Å². The van der Waals surface area contributed by atoms with Crippen LogP contribution in [-0.4, -0.2) is 49.2 Å². The smallest absolute Gasteiger partial charge is 0.292 e. The van der Waals surface area contributed by atoms with Gasteiger partial charge >= 0.3 is 0 Å². The van der Waals surface area contributed by atoms with Gasteiger partial charge in [0.25, 0.3) is 5.69 Å². The van der Waals surface area contributed by atoms with Gasteiger partial charge in [0.1, 0.15) is 5.69 Å². The largest absolute Gasteiger partial charge is 0.399 e. The van der Waals surface area contributed by atoms with E-state index in [1.807, 2.05) is 18.2 Å². The van der Waals surface area contributed by atoms with Crippen LogP contribution in [0.2, 0.25) is 0 Å². The number of hydrogen-bond donors (Lipinski definition) is 3. The Bertz CT molecular complexity index is 762. The number of nitrogens with two attached hydrogens (primary N) is 1. The molecule has 138 valence electrons. The van der Waals surface area contributed by atoms with Gasteiger partial charge in [-0.2, -0.15) is 0 Å². The van der Waals surface area contributed by atoms with E-state index in [4.69, 9.17) is 10.5 Å². The van der Waals surface area contributed by atoms with Crippen LogP contribution in [0.1, 0.15) is 0 Å². The van der Waals surface area contributed by atoms with Gasteiger partial charge in [-0.05, 0) is 30.3 Å². The maximum absolute atomic E-state index is 11.3. The normalized spacial score (nSPS) is 14.8. The molecule has 8 nitrogen and oxygen atoms in total. The number of morpholine rings is 1. The number of nitro benzene ring substituents is 1. The summed E-state index contributed by atoms with van der Waals surface area (Å²) < 4.78 is 5.33. The molecule has 1 aliphatic heterocycles. The molecule has 2 aromatic carbocycles. The highest BCUT2D eigenvalue weighted by atomic mass is 16.6. The van der Waals surface area contributed by atoms with E-state index in [2.05, 4.69) is 15.5 Å². The molecule has 0 radical (unpaired) electrons. The van der Waals surface area contributed by atoms with E-state index in [1.54, 1.807) is 18.2 Å². The van der Waals surface area contributed by atoms with Gasteiger partial charge < -0.3 is 21.1 Å². The highest BCUT2D eigenvalue weighted by Crippen LogP contribution is 2.29. The summed E-state index contributed by atoms with van der Waals surface area (Å²) in [6, 6.07) is 12.3. The molecule has 0 amide bonds. The lowest BCUT2D eigenvalue weighted by Crippen LogP contribution is -2.39. The first-order valence-corrected chi connectivity index (χ1v) is 8.57. The van der Waals surface area contributed by atoms with E-state index in [9.17, 15) is 10.1 Å². The number of hydrogen-bond acceptors (Lipinski definition) is 7. The van der Waals surface area contributed by atoms with Crippen molar-refractivity contribution in [1.82, 2.24) is 4.90 Å². The lowest BCUT2D eigenvalue weighted by molar-refractivity contribution is -0.383. The van der Waals surface area contributed by atoms with Gasteiger partial charge in [0.15, 0.2) is 0 Å². The minimum absolute atomic E-state index is 0.0603. The van der Waals surface area contributed by atoms with Crippen molar-refractivity contribution < 1.29 is 9.66 Å². The van der Waals surface area contributed by atoms with Crippen molar-refractivity contribution in [2.75, 3.05) is 55.8 Å². The SMILES string of the molecule is Nc1cccc(Nc2ccc([N+](=O)[O-])c(NCCN3CCOCC3)c2)c1. The summed E-state index contributed by atoms with van der Waals surface area (Å²) in [5, 5.41) is 17.7. The topological polar surface area (TPSA) is 106 Å². The fraction of sp³-hybridized carbons (Fsp3) is 0.333. The molecule has 26 heavy (non-hydrogen) atoms. The van der Waals surface area contributed by atoms with Crippen LogP contribution in [0.3, 0.4) is 0 Å². The molecule has 1 heterocycles. The van der Waals surface area contributed by atoms with Crippen LogP contribution < -0.4 is 16.4 Å². The van der Waals surface area contributed by atoms with Crippen molar-refractivity contribution in [2.24, 2.45) is 0 Å². The van der Waals surface area contributed by atoms with Crippen molar-refractivity contribution in [1.29, 1.82) is 0 Å². The maximum Gasteiger partial charge on any atom is 0.292 e. The van der Waals surface area contributed by atoms with Crippen LogP contribution in [-0.2, 0) is 4.74 Å². The maximum atomic E-state index is 11.3. The van der Waals surface area contributed by atoms with Gasteiger partial charge in [-0.15, -0.1) is 0 Å². The van der Waals surface area contributed by atoms with Crippen LogP contribution >= 0.6 is 0 Å². The van der Waals surface area contributed by atoms with Crippen LogP contribution in [0.5, 0.6) is 0 Å². The number of benzene rings is 2. The summed E-state index contributed by atoms with van der Waals surface area (Å²) >= 11 is 0. The van der Waals surface area contributed by atoms with Gasteiger partial charge in [-0.1, -0.05) is 6.07 Å². The summed E-state index contributed by atoms with van der Waals surface area (Å²) in [5.41, 5.74) is 8.59. The van der Waals surface area contributed by atoms with Gasteiger partial charge in [0.2, 0.25) is 0 Å². The average Bonchev–Trinajstić information content (AvgIpc) is 2.63. The number of nitro groups is 1. The van der Waals surface area contributed by atoms with E-state index in [-0.39, 0.29) is 10.6 Å². The summed E-state index contributed by atoms with van der Waals surface area (Å²) in [6.07, 6.45) is 0. The zero-order chi connectivity index (χ0) is 18.4. The molecule has 8 heteroatoms. The second-order valence-electron chi connectivity index (χ2n) is 6.12. The first-order valence-electron chi connectivity index (χ1n) is 8.57. The van der Waals surface area contributed by atoms with E-state index in [0.29, 0.717) is 17.9 Å². The average molecular weight is 357 g/mol. The van der Waals surface area contributed by atoms with E-state index in [1.165, 1.54) is 6.07 Å². The van der Waals surface area contributed by atoms with E-state index >= 15 is 0 Å². The van der Waals surface area contributed by atoms with E-state index in [0.717, 1.165) is 44.2 Å². The quantitative estimate of drug-likeness (QED) is 0.397. The van der Waals surface area contributed by atoms with E-state index < -0.39 is 0 Å². The first kappa shape index (κ1) is 18.0. The highest BCUT2D eigenvalue weighted by Gasteiger charge is 2.15. The summed E-state index contributed by atoms with van der Waals surface area (Å²) in [6.45, 7) is 4.69. The Balaban J connectivity index is 1.68. The third-order valence-corrected chi connectivity index (χ3v) is 4.22. The Morgan fingerprint density at radius 3 is 2.65 bits per heavy atom. The second-order valence-corrected chi connectivity index (χ2v) is 6.12. The molecule has 1 fully saturated rings. The van der Waals surface area contributed by atoms with Crippen molar-refractivity contribution in [3.63, 3.8) is 0 Å². The molecule has 1 saturated heterocycles. The molecule has 3 rings (SSSR count). The molecule has 0 atom stereocenters. The summed E-state index contributed by atoms with van der Waals surface area (Å²) in [5.74, 6) is 0. The standard InChI is InChI=1S/C18H23N5O3/c19-14-2-1-3-15(12-14)21-16-4-5-18(23(24)25)17(13-16)20-6-7-22-8-10-26-11-9-22/h1-5,12-13,20-21H,6-11,19H2. The van der Waals surface area contributed by atoms with Gasteiger partial charge in [-0.25, -0.2) is 0 Å².